The van der Waals surface area contributed by atoms with Gasteiger partial charge in [0, 0.05) is 19.6 Å². The minimum Gasteiger partial charge on any atom is -0.342 e. The van der Waals surface area contributed by atoms with Crippen LogP contribution in [0.3, 0.4) is 0 Å². The zero-order valence-corrected chi connectivity index (χ0v) is 13.0. The summed E-state index contributed by atoms with van der Waals surface area (Å²) in [6.45, 7) is 12.1. The molecule has 2 saturated heterocycles. The van der Waals surface area contributed by atoms with Gasteiger partial charge in [0.1, 0.15) is 0 Å². The molecule has 3 nitrogen and oxygen atoms in total. The molecule has 0 aromatic carbocycles. The summed E-state index contributed by atoms with van der Waals surface area (Å²) in [5.41, 5.74) is 0. The van der Waals surface area contributed by atoms with Gasteiger partial charge in [0.15, 0.2) is 0 Å². The van der Waals surface area contributed by atoms with Gasteiger partial charge in [-0.1, -0.05) is 27.7 Å². The van der Waals surface area contributed by atoms with Crippen molar-refractivity contribution < 1.29 is 4.79 Å². The Hall–Kier alpha value is -0.570. The molecule has 0 radical (unpaired) electrons. The summed E-state index contributed by atoms with van der Waals surface area (Å²) in [5, 5.41) is 0. The lowest BCUT2D eigenvalue weighted by molar-refractivity contribution is -0.136. The molecule has 0 N–H and O–H groups in total. The van der Waals surface area contributed by atoms with Gasteiger partial charge in [-0.05, 0) is 39.3 Å². The van der Waals surface area contributed by atoms with Crippen LogP contribution in [0.5, 0.6) is 0 Å². The Morgan fingerprint density at radius 1 is 0.944 bits per heavy atom. The van der Waals surface area contributed by atoms with Crippen molar-refractivity contribution in [3.05, 3.63) is 0 Å². The minimum absolute atomic E-state index is 0.284. The fourth-order valence-corrected chi connectivity index (χ4v) is 2.56. The molecule has 1 amide bonds. The van der Waals surface area contributed by atoms with Gasteiger partial charge in [0.25, 0.3) is 0 Å². The molecule has 1 atom stereocenters. The van der Waals surface area contributed by atoms with Gasteiger partial charge in [0.2, 0.25) is 5.91 Å². The van der Waals surface area contributed by atoms with Gasteiger partial charge in [-0.25, -0.2) is 0 Å². The quantitative estimate of drug-likeness (QED) is 0.720. The smallest absolute Gasteiger partial charge is 0.226 e. The predicted molar refractivity (Wildman–Crippen MR) is 78.7 cm³/mol. The lowest BCUT2D eigenvalue weighted by Gasteiger charge is -2.31. The van der Waals surface area contributed by atoms with Gasteiger partial charge in [-0.3, -0.25) is 4.79 Å². The van der Waals surface area contributed by atoms with E-state index in [4.69, 9.17) is 0 Å². The van der Waals surface area contributed by atoms with Crippen LogP contribution in [0.2, 0.25) is 0 Å². The van der Waals surface area contributed by atoms with E-state index >= 15 is 0 Å². The third kappa shape index (κ3) is 5.38. The molecule has 0 bridgehead atoms. The van der Waals surface area contributed by atoms with Crippen molar-refractivity contribution in [2.24, 2.45) is 5.92 Å². The molecule has 0 aromatic rings. The van der Waals surface area contributed by atoms with Crippen molar-refractivity contribution in [2.45, 2.75) is 53.4 Å². The summed E-state index contributed by atoms with van der Waals surface area (Å²) >= 11 is 0. The Labute approximate surface area is 114 Å². The zero-order chi connectivity index (χ0) is 14.0. The topological polar surface area (TPSA) is 23.6 Å². The van der Waals surface area contributed by atoms with Crippen LogP contribution in [-0.4, -0.2) is 48.9 Å². The number of hydrogen-bond donors (Lipinski definition) is 0. The molecule has 3 heteroatoms. The lowest BCUT2D eigenvalue weighted by Crippen LogP contribution is -2.42. The lowest BCUT2D eigenvalue weighted by atomic mass is 9.97. The van der Waals surface area contributed by atoms with E-state index in [0.717, 1.165) is 32.6 Å². The summed E-state index contributed by atoms with van der Waals surface area (Å²) < 4.78 is 0. The molecule has 2 aliphatic rings. The van der Waals surface area contributed by atoms with E-state index in [0.29, 0.717) is 5.91 Å². The van der Waals surface area contributed by atoms with Crippen LogP contribution in [0.4, 0.5) is 0 Å². The third-order valence-corrected chi connectivity index (χ3v) is 3.39. The largest absolute Gasteiger partial charge is 0.342 e. The van der Waals surface area contributed by atoms with Crippen molar-refractivity contribution in [3.8, 4) is 0 Å². The Balaban J connectivity index is 0.000000659. The Kier molecular flexibility index (Phi) is 10.0. The molecular formula is C15H32N2O. The van der Waals surface area contributed by atoms with E-state index in [1.807, 2.05) is 27.7 Å². The molecule has 0 aromatic heterocycles. The highest BCUT2D eigenvalue weighted by Crippen LogP contribution is 2.20. The molecule has 18 heavy (non-hydrogen) atoms. The first-order valence-corrected chi connectivity index (χ1v) is 7.75. The standard InChI is InChI=1S/C11H20N2O.2C2H6/c1-12-6-4-5-10(9-12)11(14)13-7-2-3-8-13;2*1-2/h10H,2-9H2,1H3;2*1-2H3. The molecule has 0 aliphatic carbocycles. The summed E-state index contributed by atoms with van der Waals surface area (Å²) in [6.07, 6.45) is 4.68. The van der Waals surface area contributed by atoms with E-state index in [1.54, 1.807) is 0 Å². The molecule has 2 aliphatic heterocycles. The summed E-state index contributed by atoms with van der Waals surface area (Å²) in [5.74, 6) is 0.695. The Bertz CT molecular complexity index is 213. The number of rotatable bonds is 1. The van der Waals surface area contributed by atoms with Crippen molar-refractivity contribution in [1.29, 1.82) is 0 Å². The number of piperidine rings is 1. The van der Waals surface area contributed by atoms with E-state index in [9.17, 15) is 4.79 Å². The average molecular weight is 256 g/mol. The number of amides is 1. The van der Waals surface area contributed by atoms with Crippen LogP contribution in [0.1, 0.15) is 53.4 Å². The fraction of sp³-hybridized carbons (Fsp3) is 0.933. The molecule has 0 saturated carbocycles. The normalized spacial score (nSPS) is 23.6. The Morgan fingerprint density at radius 2 is 1.50 bits per heavy atom. The number of nitrogens with zero attached hydrogens (tertiary/aromatic N) is 2. The SMILES string of the molecule is CC.CC.CN1CCCC(C(=O)N2CCCC2)C1. The maximum Gasteiger partial charge on any atom is 0.226 e. The third-order valence-electron chi connectivity index (χ3n) is 3.39. The predicted octanol–water partition coefficient (Wildman–Crippen LogP) is 3.00. The number of hydrogen-bond acceptors (Lipinski definition) is 2. The van der Waals surface area contributed by atoms with E-state index in [1.165, 1.54) is 19.3 Å². The van der Waals surface area contributed by atoms with Crippen LogP contribution >= 0.6 is 0 Å². The van der Waals surface area contributed by atoms with Gasteiger partial charge in [-0.2, -0.15) is 0 Å². The second-order valence-electron chi connectivity index (χ2n) is 4.63. The highest BCUT2D eigenvalue weighted by molar-refractivity contribution is 5.79. The first-order chi connectivity index (χ1) is 8.77. The van der Waals surface area contributed by atoms with Crippen molar-refractivity contribution >= 4 is 5.91 Å². The van der Waals surface area contributed by atoms with E-state index in [2.05, 4.69) is 16.8 Å². The number of likely N-dealkylation sites (tertiary alicyclic amines) is 2. The molecule has 1 unspecified atom stereocenters. The van der Waals surface area contributed by atoms with Crippen LogP contribution in [0, 0.1) is 5.92 Å². The highest BCUT2D eigenvalue weighted by Gasteiger charge is 2.28. The summed E-state index contributed by atoms with van der Waals surface area (Å²) in [4.78, 5) is 16.4. The molecule has 2 rings (SSSR count). The van der Waals surface area contributed by atoms with Crippen LogP contribution in [0.15, 0.2) is 0 Å². The van der Waals surface area contributed by atoms with Gasteiger partial charge >= 0.3 is 0 Å². The van der Waals surface area contributed by atoms with Gasteiger partial charge in [0.05, 0.1) is 5.92 Å². The highest BCUT2D eigenvalue weighted by atomic mass is 16.2. The van der Waals surface area contributed by atoms with Crippen LogP contribution in [0.25, 0.3) is 0 Å². The first-order valence-electron chi connectivity index (χ1n) is 7.75. The second kappa shape index (κ2) is 10.4. The second-order valence-corrected chi connectivity index (χ2v) is 4.63. The maximum absolute atomic E-state index is 12.0. The zero-order valence-electron chi connectivity index (χ0n) is 13.0. The van der Waals surface area contributed by atoms with Crippen molar-refractivity contribution in [2.75, 3.05) is 33.2 Å². The number of carbonyl (C=O) groups is 1. The van der Waals surface area contributed by atoms with Crippen LogP contribution in [-0.2, 0) is 4.79 Å². The van der Waals surface area contributed by atoms with Gasteiger partial charge in [-0.15, -0.1) is 0 Å². The maximum atomic E-state index is 12.0. The minimum atomic E-state index is 0.284. The Morgan fingerprint density at radius 3 is 2.00 bits per heavy atom. The molecule has 2 fully saturated rings. The summed E-state index contributed by atoms with van der Waals surface area (Å²) in [6, 6.07) is 0. The van der Waals surface area contributed by atoms with Crippen molar-refractivity contribution in [3.63, 3.8) is 0 Å². The average Bonchev–Trinajstić information content (AvgIpc) is 2.96. The first kappa shape index (κ1) is 17.4. The van der Waals surface area contributed by atoms with E-state index in [-0.39, 0.29) is 5.92 Å². The number of carbonyl (C=O) groups excluding carboxylic acids is 1. The molecule has 0 spiro atoms. The monoisotopic (exact) mass is 256 g/mol. The molecule has 2 heterocycles. The molecular weight excluding hydrogens is 224 g/mol. The summed E-state index contributed by atoms with van der Waals surface area (Å²) in [7, 11) is 2.11. The molecule has 108 valence electrons. The van der Waals surface area contributed by atoms with Crippen LogP contribution < -0.4 is 0 Å². The van der Waals surface area contributed by atoms with E-state index < -0.39 is 0 Å². The fourth-order valence-electron chi connectivity index (χ4n) is 2.56. The van der Waals surface area contributed by atoms with Crippen molar-refractivity contribution in [1.82, 2.24) is 9.80 Å². The van der Waals surface area contributed by atoms with Gasteiger partial charge < -0.3 is 9.80 Å².